The minimum absolute atomic E-state index is 0.0271. The molecule has 2 aromatic rings. The van der Waals surface area contributed by atoms with Gasteiger partial charge < -0.3 is 10.4 Å². The molecule has 2 N–H and O–H groups in total. The van der Waals surface area contributed by atoms with Gasteiger partial charge in [0.05, 0.1) is 11.2 Å². The Balaban J connectivity index is 1.76. The van der Waals surface area contributed by atoms with Crippen molar-refractivity contribution in [2.75, 3.05) is 6.61 Å². The standard InChI is InChI=1S/C15H16ClFN4O2/c16-10-4-2-6-13(14(10)17)21-7-12(19-20-21)15(23)18-11-5-1-3-9(11)8-22/h2,4,6-7,9,11,22H,1,3,5,8H2,(H,18,23)/t9-,11+/m1/s1. The molecule has 1 aliphatic carbocycles. The maximum Gasteiger partial charge on any atom is 0.273 e. The molecule has 1 heterocycles. The van der Waals surface area contributed by atoms with Crippen LogP contribution >= 0.6 is 11.6 Å². The molecule has 2 atom stereocenters. The quantitative estimate of drug-likeness (QED) is 0.893. The highest BCUT2D eigenvalue weighted by Crippen LogP contribution is 2.25. The summed E-state index contributed by atoms with van der Waals surface area (Å²) >= 11 is 5.74. The van der Waals surface area contributed by atoms with Gasteiger partial charge in [-0.05, 0) is 25.0 Å². The molecule has 1 aromatic heterocycles. The fraction of sp³-hybridized carbons (Fsp3) is 0.400. The van der Waals surface area contributed by atoms with Crippen molar-refractivity contribution >= 4 is 17.5 Å². The summed E-state index contributed by atoms with van der Waals surface area (Å²) in [5, 5.41) is 19.7. The first-order valence-electron chi connectivity index (χ1n) is 7.38. The lowest BCUT2D eigenvalue weighted by Crippen LogP contribution is -2.38. The topological polar surface area (TPSA) is 80.0 Å². The van der Waals surface area contributed by atoms with E-state index < -0.39 is 5.82 Å². The Bertz CT molecular complexity index is 721. The van der Waals surface area contributed by atoms with Gasteiger partial charge in [0.1, 0.15) is 5.69 Å². The molecule has 122 valence electrons. The van der Waals surface area contributed by atoms with Crippen LogP contribution < -0.4 is 5.32 Å². The number of amides is 1. The van der Waals surface area contributed by atoms with Gasteiger partial charge in [-0.2, -0.15) is 0 Å². The monoisotopic (exact) mass is 338 g/mol. The predicted molar refractivity (Wildman–Crippen MR) is 82.0 cm³/mol. The van der Waals surface area contributed by atoms with E-state index in [1.54, 1.807) is 6.07 Å². The first kappa shape index (κ1) is 15.9. The average Bonchev–Trinajstić information content (AvgIpc) is 3.19. The second-order valence-corrected chi connectivity index (χ2v) is 5.98. The highest BCUT2D eigenvalue weighted by molar-refractivity contribution is 6.30. The van der Waals surface area contributed by atoms with E-state index in [0.29, 0.717) is 0 Å². The van der Waals surface area contributed by atoms with Crippen molar-refractivity contribution in [2.45, 2.75) is 25.3 Å². The van der Waals surface area contributed by atoms with Crippen LogP contribution in [0, 0.1) is 11.7 Å². The first-order chi connectivity index (χ1) is 11.1. The molecule has 0 bridgehead atoms. The van der Waals surface area contributed by atoms with E-state index in [-0.39, 0.29) is 40.9 Å². The molecule has 1 saturated carbocycles. The van der Waals surface area contributed by atoms with Gasteiger partial charge in [-0.1, -0.05) is 29.3 Å². The van der Waals surface area contributed by atoms with Crippen molar-refractivity contribution in [3.63, 3.8) is 0 Å². The number of hydrogen-bond donors (Lipinski definition) is 2. The first-order valence-corrected chi connectivity index (χ1v) is 7.76. The highest BCUT2D eigenvalue weighted by atomic mass is 35.5. The normalized spacial score (nSPS) is 20.7. The number of aliphatic hydroxyl groups excluding tert-OH is 1. The molecule has 6 nitrogen and oxygen atoms in total. The van der Waals surface area contributed by atoms with E-state index in [4.69, 9.17) is 11.6 Å². The largest absolute Gasteiger partial charge is 0.396 e. The highest BCUT2D eigenvalue weighted by Gasteiger charge is 2.28. The van der Waals surface area contributed by atoms with Crippen molar-refractivity contribution in [3.8, 4) is 5.69 Å². The molecule has 1 aliphatic rings. The molecule has 0 aliphatic heterocycles. The fourth-order valence-corrected chi connectivity index (χ4v) is 3.01. The molecule has 23 heavy (non-hydrogen) atoms. The lowest BCUT2D eigenvalue weighted by molar-refractivity contribution is 0.0911. The summed E-state index contributed by atoms with van der Waals surface area (Å²) in [6.45, 7) is 0.0470. The molecule has 1 aromatic carbocycles. The minimum Gasteiger partial charge on any atom is -0.396 e. The third-order valence-corrected chi connectivity index (χ3v) is 4.41. The second kappa shape index (κ2) is 6.64. The van der Waals surface area contributed by atoms with Gasteiger partial charge in [0, 0.05) is 18.6 Å². The maximum atomic E-state index is 14.0. The van der Waals surface area contributed by atoms with Gasteiger partial charge in [-0.3, -0.25) is 4.79 Å². The van der Waals surface area contributed by atoms with Crippen molar-refractivity contribution in [1.82, 2.24) is 20.3 Å². The Labute approximate surface area is 137 Å². The fourth-order valence-electron chi connectivity index (χ4n) is 2.84. The number of aromatic nitrogens is 3. The summed E-state index contributed by atoms with van der Waals surface area (Å²) in [6.07, 6.45) is 4.04. The SMILES string of the molecule is O=C(N[C@H]1CCC[C@@H]1CO)c1cn(-c2cccc(Cl)c2F)nn1. The van der Waals surface area contributed by atoms with Gasteiger partial charge in [-0.25, -0.2) is 9.07 Å². The minimum atomic E-state index is -0.623. The van der Waals surface area contributed by atoms with Gasteiger partial charge in [0.2, 0.25) is 0 Å². The molecule has 1 fully saturated rings. The van der Waals surface area contributed by atoms with Crippen LogP contribution in [0.3, 0.4) is 0 Å². The summed E-state index contributed by atoms with van der Waals surface area (Å²) in [4.78, 5) is 12.2. The third-order valence-electron chi connectivity index (χ3n) is 4.11. The number of aliphatic hydroxyl groups is 1. The predicted octanol–water partition coefficient (Wildman–Crippen LogP) is 1.95. The van der Waals surface area contributed by atoms with E-state index >= 15 is 0 Å². The summed E-state index contributed by atoms with van der Waals surface area (Å²) in [6, 6.07) is 4.45. The Morgan fingerprint density at radius 2 is 2.30 bits per heavy atom. The summed E-state index contributed by atoms with van der Waals surface area (Å²) < 4.78 is 15.1. The van der Waals surface area contributed by atoms with Crippen LogP contribution in [0.5, 0.6) is 0 Å². The number of rotatable bonds is 4. The molecule has 0 saturated heterocycles. The number of benzene rings is 1. The van der Waals surface area contributed by atoms with E-state index in [2.05, 4.69) is 15.6 Å². The molecule has 8 heteroatoms. The zero-order chi connectivity index (χ0) is 16.4. The zero-order valence-electron chi connectivity index (χ0n) is 12.2. The Kier molecular flexibility index (Phi) is 4.58. The third kappa shape index (κ3) is 3.20. The van der Waals surface area contributed by atoms with Gasteiger partial charge in [0.15, 0.2) is 11.5 Å². The van der Waals surface area contributed by atoms with Crippen LogP contribution in [0.25, 0.3) is 5.69 Å². The number of halogens is 2. The number of hydrogen-bond acceptors (Lipinski definition) is 4. The van der Waals surface area contributed by atoms with E-state index in [1.807, 2.05) is 0 Å². The van der Waals surface area contributed by atoms with Crippen LogP contribution in [0.1, 0.15) is 29.8 Å². The lowest BCUT2D eigenvalue weighted by atomic mass is 10.1. The van der Waals surface area contributed by atoms with E-state index in [1.165, 1.54) is 23.0 Å². The Hall–Kier alpha value is -1.99. The summed E-state index contributed by atoms with van der Waals surface area (Å²) in [5.41, 5.74) is 0.214. The van der Waals surface area contributed by atoms with Crippen LogP contribution in [0.2, 0.25) is 5.02 Å². The number of carbonyl (C=O) groups is 1. The maximum absolute atomic E-state index is 14.0. The Morgan fingerprint density at radius 3 is 3.09 bits per heavy atom. The number of carbonyl (C=O) groups excluding carboxylic acids is 1. The van der Waals surface area contributed by atoms with Crippen LogP contribution in [0.15, 0.2) is 24.4 Å². The average molecular weight is 339 g/mol. The molecule has 1 amide bonds. The molecular formula is C15H16ClFN4O2. The smallest absolute Gasteiger partial charge is 0.273 e. The molecule has 0 spiro atoms. The van der Waals surface area contributed by atoms with Crippen molar-refractivity contribution in [3.05, 3.63) is 40.9 Å². The van der Waals surface area contributed by atoms with Gasteiger partial charge >= 0.3 is 0 Å². The van der Waals surface area contributed by atoms with E-state index in [9.17, 15) is 14.3 Å². The second-order valence-electron chi connectivity index (χ2n) is 5.57. The number of nitrogens with zero attached hydrogens (tertiary/aromatic N) is 3. The summed E-state index contributed by atoms with van der Waals surface area (Å²) in [5.74, 6) is -0.939. The Morgan fingerprint density at radius 1 is 1.48 bits per heavy atom. The lowest BCUT2D eigenvalue weighted by Gasteiger charge is -2.17. The van der Waals surface area contributed by atoms with Crippen LogP contribution in [-0.2, 0) is 0 Å². The number of nitrogens with one attached hydrogen (secondary N) is 1. The van der Waals surface area contributed by atoms with Gasteiger partial charge in [0.25, 0.3) is 5.91 Å². The van der Waals surface area contributed by atoms with Crippen LogP contribution in [-0.4, -0.2) is 38.7 Å². The molecule has 0 unspecified atom stereocenters. The van der Waals surface area contributed by atoms with Crippen molar-refractivity contribution in [2.24, 2.45) is 5.92 Å². The molecule has 0 radical (unpaired) electrons. The van der Waals surface area contributed by atoms with Crippen molar-refractivity contribution in [1.29, 1.82) is 0 Å². The van der Waals surface area contributed by atoms with Crippen LogP contribution in [0.4, 0.5) is 4.39 Å². The summed E-state index contributed by atoms with van der Waals surface area (Å²) in [7, 11) is 0. The van der Waals surface area contributed by atoms with Gasteiger partial charge in [-0.15, -0.1) is 5.10 Å². The molecular weight excluding hydrogens is 323 g/mol. The van der Waals surface area contributed by atoms with Crippen molar-refractivity contribution < 1.29 is 14.3 Å². The van der Waals surface area contributed by atoms with E-state index in [0.717, 1.165) is 19.3 Å². The molecule has 3 rings (SSSR count). The zero-order valence-corrected chi connectivity index (χ0v) is 13.0.